The Labute approximate surface area is 95.1 Å². The molecule has 0 aromatic carbocycles. The molecule has 0 fully saturated rings. The summed E-state index contributed by atoms with van der Waals surface area (Å²) in [4.78, 5) is 7.96. The summed E-state index contributed by atoms with van der Waals surface area (Å²) < 4.78 is 5.50. The Kier molecular flexibility index (Phi) is 4.25. The van der Waals surface area contributed by atoms with Gasteiger partial charge in [0, 0.05) is 6.07 Å². The van der Waals surface area contributed by atoms with Gasteiger partial charge in [0.15, 0.2) is 0 Å². The zero-order chi connectivity index (χ0) is 12.0. The summed E-state index contributed by atoms with van der Waals surface area (Å²) in [6, 6.07) is 3.51. The molecule has 1 aromatic heterocycles. The molecular weight excluding hydrogens is 206 g/mol. The monoisotopic (exact) mass is 223 g/mol. The van der Waals surface area contributed by atoms with Gasteiger partial charge in [-0.15, -0.1) is 0 Å². The van der Waals surface area contributed by atoms with E-state index in [9.17, 15) is 0 Å². The maximum atomic E-state index is 8.31. The Balaban J connectivity index is 2.55. The van der Waals surface area contributed by atoms with Crippen molar-refractivity contribution in [3.05, 3.63) is 18.3 Å². The van der Waals surface area contributed by atoms with E-state index >= 15 is 0 Å². The van der Waals surface area contributed by atoms with Gasteiger partial charge in [-0.2, -0.15) is 0 Å². The predicted molar refractivity (Wildman–Crippen MR) is 62.3 cm³/mol. The third-order valence-corrected chi connectivity index (χ3v) is 1.65. The highest BCUT2D eigenvalue weighted by Gasteiger charge is 2.11. The number of pyridine rings is 1. The van der Waals surface area contributed by atoms with Crippen molar-refractivity contribution in [2.45, 2.75) is 20.8 Å². The average Bonchev–Trinajstić information content (AvgIpc) is 2.24. The first-order chi connectivity index (χ1) is 7.51. The lowest BCUT2D eigenvalue weighted by molar-refractivity contribution is 0.191. The molecule has 0 radical (unpaired) electrons. The molecule has 1 aromatic rings. The van der Waals surface area contributed by atoms with E-state index in [0.717, 1.165) is 0 Å². The Morgan fingerprint density at radius 1 is 1.50 bits per heavy atom. The number of hydrogen-bond acceptors (Lipinski definition) is 4. The summed E-state index contributed by atoms with van der Waals surface area (Å²) in [5, 5.41) is 8.31. The zero-order valence-corrected chi connectivity index (χ0v) is 9.77. The van der Waals surface area contributed by atoms with Crippen LogP contribution in [0.5, 0.6) is 5.88 Å². The predicted octanol–water partition coefficient (Wildman–Crippen LogP) is 2.15. The van der Waals surface area contributed by atoms with Gasteiger partial charge in [-0.3, -0.25) is 10.7 Å². The van der Waals surface area contributed by atoms with Crippen LogP contribution < -0.4 is 10.2 Å². The molecule has 0 unspecified atom stereocenters. The minimum atomic E-state index is 0.110. The molecule has 0 bridgehead atoms. The largest absolute Gasteiger partial charge is 0.477 e. The minimum absolute atomic E-state index is 0.110. The fourth-order valence-electron chi connectivity index (χ4n) is 0.928. The molecule has 0 saturated heterocycles. The summed E-state index contributed by atoms with van der Waals surface area (Å²) in [7, 11) is 0. The highest BCUT2D eigenvalue weighted by Crippen LogP contribution is 2.18. The molecule has 2 N–H and O–H groups in total. The summed E-state index contributed by atoms with van der Waals surface area (Å²) in [5.74, 6) is 0.575. The standard InChI is InChI=1S/C11H17N3O2/c1-11(2,3)7-16-10-5-4-9(6-12-10)13-8-14-15/h4-6,8,15H,7H2,1-3H3,(H,13,14). The molecule has 0 spiro atoms. The van der Waals surface area contributed by atoms with E-state index < -0.39 is 0 Å². The molecule has 1 rings (SSSR count). The van der Waals surface area contributed by atoms with Gasteiger partial charge in [-0.1, -0.05) is 20.8 Å². The molecule has 0 aliphatic rings. The van der Waals surface area contributed by atoms with E-state index in [1.165, 1.54) is 6.34 Å². The SMILES string of the molecule is CC(C)(C)COc1ccc(N=CNO)cn1. The molecule has 0 saturated carbocycles. The van der Waals surface area contributed by atoms with Crippen LogP contribution >= 0.6 is 0 Å². The third-order valence-electron chi connectivity index (χ3n) is 1.65. The van der Waals surface area contributed by atoms with Crippen molar-refractivity contribution in [2.75, 3.05) is 6.61 Å². The second-order valence-corrected chi connectivity index (χ2v) is 4.59. The maximum absolute atomic E-state index is 8.31. The van der Waals surface area contributed by atoms with E-state index in [4.69, 9.17) is 9.94 Å². The van der Waals surface area contributed by atoms with Gasteiger partial charge in [0.05, 0.1) is 18.5 Å². The quantitative estimate of drug-likeness (QED) is 0.466. The molecule has 0 amide bonds. The minimum Gasteiger partial charge on any atom is -0.477 e. The van der Waals surface area contributed by atoms with Crippen molar-refractivity contribution in [2.24, 2.45) is 10.4 Å². The number of aromatic nitrogens is 1. The highest BCUT2D eigenvalue weighted by molar-refractivity contribution is 5.59. The van der Waals surface area contributed by atoms with Gasteiger partial charge in [0.2, 0.25) is 5.88 Å². The smallest absolute Gasteiger partial charge is 0.213 e. The maximum Gasteiger partial charge on any atom is 0.213 e. The number of hydroxylamine groups is 1. The number of hydrogen-bond donors (Lipinski definition) is 2. The zero-order valence-electron chi connectivity index (χ0n) is 9.77. The van der Waals surface area contributed by atoms with E-state index in [2.05, 4.69) is 30.7 Å². The Hall–Kier alpha value is -1.62. The molecule has 0 atom stereocenters. The van der Waals surface area contributed by atoms with Crippen LogP contribution in [0.3, 0.4) is 0 Å². The molecule has 0 aliphatic carbocycles. The summed E-state index contributed by atoms with van der Waals surface area (Å²) >= 11 is 0. The molecule has 16 heavy (non-hydrogen) atoms. The fraction of sp³-hybridized carbons (Fsp3) is 0.455. The van der Waals surface area contributed by atoms with Crippen LogP contribution in [-0.2, 0) is 0 Å². The number of rotatable bonds is 4. The first kappa shape index (κ1) is 12.4. The topological polar surface area (TPSA) is 66.7 Å². The van der Waals surface area contributed by atoms with Gasteiger partial charge >= 0.3 is 0 Å². The average molecular weight is 223 g/mol. The van der Waals surface area contributed by atoms with E-state index in [1.807, 2.05) is 5.48 Å². The van der Waals surface area contributed by atoms with Crippen LogP contribution in [0.15, 0.2) is 23.3 Å². The van der Waals surface area contributed by atoms with Crippen LogP contribution in [0.2, 0.25) is 0 Å². The van der Waals surface area contributed by atoms with Gasteiger partial charge in [-0.25, -0.2) is 9.98 Å². The molecule has 5 heteroatoms. The van der Waals surface area contributed by atoms with Crippen LogP contribution in [-0.4, -0.2) is 23.1 Å². The Morgan fingerprint density at radius 2 is 2.25 bits per heavy atom. The summed E-state index contributed by atoms with van der Waals surface area (Å²) in [6.45, 7) is 6.90. The normalized spacial score (nSPS) is 11.8. The fourth-order valence-corrected chi connectivity index (χ4v) is 0.928. The van der Waals surface area contributed by atoms with Crippen LogP contribution in [0.4, 0.5) is 5.69 Å². The highest BCUT2D eigenvalue weighted by atomic mass is 16.5. The molecule has 5 nitrogen and oxygen atoms in total. The van der Waals surface area contributed by atoms with Gasteiger partial charge in [-0.05, 0) is 11.5 Å². The van der Waals surface area contributed by atoms with Crippen molar-refractivity contribution >= 4 is 12.0 Å². The number of aliphatic imine (C=N–C) groups is 1. The lowest BCUT2D eigenvalue weighted by Gasteiger charge is -2.18. The van der Waals surface area contributed by atoms with Crippen molar-refractivity contribution in [1.82, 2.24) is 10.5 Å². The molecule has 1 heterocycles. The Bertz CT molecular complexity index is 341. The van der Waals surface area contributed by atoms with Gasteiger partial charge in [0.1, 0.15) is 6.34 Å². The molecular formula is C11H17N3O2. The van der Waals surface area contributed by atoms with Crippen molar-refractivity contribution in [1.29, 1.82) is 0 Å². The van der Waals surface area contributed by atoms with Gasteiger partial charge < -0.3 is 4.74 Å². The van der Waals surface area contributed by atoms with Crippen LogP contribution in [0, 0.1) is 5.41 Å². The van der Waals surface area contributed by atoms with E-state index in [1.54, 1.807) is 18.3 Å². The van der Waals surface area contributed by atoms with Crippen LogP contribution in [0.1, 0.15) is 20.8 Å². The van der Waals surface area contributed by atoms with Crippen LogP contribution in [0.25, 0.3) is 0 Å². The van der Waals surface area contributed by atoms with E-state index in [-0.39, 0.29) is 5.41 Å². The van der Waals surface area contributed by atoms with Crippen molar-refractivity contribution in [3.63, 3.8) is 0 Å². The number of nitrogens with one attached hydrogen (secondary N) is 1. The second kappa shape index (κ2) is 5.46. The first-order valence-electron chi connectivity index (χ1n) is 5.02. The van der Waals surface area contributed by atoms with Crippen molar-refractivity contribution in [3.8, 4) is 5.88 Å². The third kappa shape index (κ3) is 4.75. The number of nitrogens with zero attached hydrogens (tertiary/aromatic N) is 2. The summed E-state index contributed by atoms with van der Waals surface area (Å²) in [5.41, 5.74) is 2.58. The number of ether oxygens (including phenoxy) is 1. The lowest BCUT2D eigenvalue weighted by Crippen LogP contribution is -2.17. The van der Waals surface area contributed by atoms with Gasteiger partial charge in [0.25, 0.3) is 0 Å². The molecule has 88 valence electrons. The lowest BCUT2D eigenvalue weighted by atomic mass is 9.99. The Morgan fingerprint density at radius 3 is 2.75 bits per heavy atom. The van der Waals surface area contributed by atoms with E-state index in [0.29, 0.717) is 18.2 Å². The summed E-state index contributed by atoms with van der Waals surface area (Å²) in [6.07, 6.45) is 2.75. The second-order valence-electron chi connectivity index (χ2n) is 4.59. The molecule has 0 aliphatic heterocycles. The van der Waals surface area contributed by atoms with Crippen molar-refractivity contribution < 1.29 is 9.94 Å². The first-order valence-corrected chi connectivity index (χ1v) is 5.02.